The Bertz CT molecular complexity index is 673. The molecule has 7 N–H and O–H groups in total. The first kappa shape index (κ1) is 16.6. The average Bonchev–Trinajstić information content (AvgIpc) is 3.08. The molecule has 0 aromatic carbocycles. The Hall–Kier alpha value is -1.30. The number of rotatable bonds is 7. The second-order valence-electron chi connectivity index (χ2n) is 5.39. The Labute approximate surface area is 130 Å². The van der Waals surface area contributed by atoms with E-state index in [9.17, 15) is 19.9 Å². The third kappa shape index (κ3) is 3.18. The van der Waals surface area contributed by atoms with Gasteiger partial charge in [0.25, 0.3) is 5.85 Å². The number of nitrogens with zero attached hydrogens (tertiary/aromatic N) is 2. The fourth-order valence-corrected chi connectivity index (χ4v) is 2.94. The second kappa shape index (κ2) is 5.65. The number of hydrogen-bond acceptors (Lipinski definition) is 8. The molecule has 2 aliphatic rings. The summed E-state index contributed by atoms with van der Waals surface area (Å²) in [5.74, 6) is -1.53. The summed E-state index contributed by atoms with van der Waals surface area (Å²) >= 11 is 0. The van der Waals surface area contributed by atoms with Crippen LogP contribution in [-0.2, 0) is 21.4 Å². The van der Waals surface area contributed by atoms with E-state index in [0.29, 0.717) is 16.9 Å². The molecule has 2 bridgehead atoms. The molecular formula is C11H17N4O7P. The molecule has 0 saturated carbocycles. The third-order valence-corrected chi connectivity index (χ3v) is 4.22. The van der Waals surface area contributed by atoms with E-state index >= 15 is 0 Å². The van der Waals surface area contributed by atoms with E-state index in [1.165, 1.54) is 11.3 Å². The van der Waals surface area contributed by atoms with Crippen LogP contribution in [-0.4, -0.2) is 55.2 Å². The normalized spacial score (nSPS) is 25.0. The topological polar surface area (TPSA) is 171 Å². The first-order valence-electron chi connectivity index (χ1n) is 6.81. The monoisotopic (exact) mass is 348 g/mol. The molecule has 12 heteroatoms. The number of aliphatic hydroxyl groups excluding tert-OH is 2. The molecule has 0 fully saturated rings. The summed E-state index contributed by atoms with van der Waals surface area (Å²) in [6.45, 7) is -0.381. The highest BCUT2D eigenvalue weighted by Crippen LogP contribution is 2.41. The molecule has 23 heavy (non-hydrogen) atoms. The molecule has 3 rings (SSSR count). The van der Waals surface area contributed by atoms with Crippen LogP contribution < -0.4 is 10.4 Å². The minimum Gasteiger partial charge on any atom is -0.390 e. The SMILES string of the molecule is O=P(O)(O)OCC[C@@H](O)[C@@H](O)Cc1c[nH]c2c1N1C=NC2(O)N1. The van der Waals surface area contributed by atoms with Crippen LogP contribution in [0.1, 0.15) is 17.7 Å². The van der Waals surface area contributed by atoms with Crippen molar-refractivity contribution in [2.24, 2.45) is 4.99 Å². The number of phosphoric ester groups is 1. The van der Waals surface area contributed by atoms with Crippen molar-refractivity contribution in [3.8, 4) is 0 Å². The summed E-state index contributed by atoms with van der Waals surface area (Å²) in [5.41, 5.74) is 4.45. The highest BCUT2D eigenvalue weighted by molar-refractivity contribution is 7.46. The van der Waals surface area contributed by atoms with Crippen LogP contribution >= 0.6 is 7.82 Å². The Kier molecular flexibility index (Phi) is 4.07. The van der Waals surface area contributed by atoms with Crippen molar-refractivity contribution in [3.05, 3.63) is 17.5 Å². The van der Waals surface area contributed by atoms with Crippen molar-refractivity contribution in [2.45, 2.75) is 30.9 Å². The highest BCUT2D eigenvalue weighted by Gasteiger charge is 2.47. The van der Waals surface area contributed by atoms with Crippen molar-refractivity contribution in [1.82, 2.24) is 10.4 Å². The molecule has 2 aliphatic heterocycles. The lowest BCUT2D eigenvalue weighted by molar-refractivity contribution is 0.00590. The number of aliphatic imine (C=N–C) groups is 1. The van der Waals surface area contributed by atoms with Crippen LogP contribution in [0.4, 0.5) is 5.69 Å². The highest BCUT2D eigenvalue weighted by atomic mass is 31.2. The molecule has 1 aromatic heterocycles. The van der Waals surface area contributed by atoms with Gasteiger partial charge in [-0.25, -0.2) is 9.56 Å². The van der Waals surface area contributed by atoms with Crippen molar-refractivity contribution in [1.29, 1.82) is 0 Å². The zero-order valence-corrected chi connectivity index (χ0v) is 12.7. The first-order chi connectivity index (χ1) is 10.7. The number of aliphatic hydroxyl groups is 3. The lowest BCUT2D eigenvalue weighted by Gasteiger charge is -2.19. The van der Waals surface area contributed by atoms with Crippen molar-refractivity contribution >= 4 is 19.8 Å². The van der Waals surface area contributed by atoms with E-state index < -0.39 is 25.9 Å². The molecule has 3 heterocycles. The van der Waals surface area contributed by atoms with Crippen LogP contribution in [0.5, 0.6) is 0 Å². The molecule has 0 spiro atoms. The molecule has 0 saturated heterocycles. The maximum atomic E-state index is 10.5. The standard InChI is InChI=1S/C11H17N4O7P/c16-7(1-2-22-23(19,20)21)8(17)3-6-4-12-10-9(6)15-5-13-11(10,18)14-15/h4-5,7-8,12,14,16-18H,1-3H2,(H2,19,20,21)/t7-,8+,11?/m1/s1. The average molecular weight is 348 g/mol. The van der Waals surface area contributed by atoms with Gasteiger partial charge in [0.2, 0.25) is 0 Å². The van der Waals surface area contributed by atoms with Gasteiger partial charge in [-0.3, -0.25) is 9.53 Å². The summed E-state index contributed by atoms with van der Waals surface area (Å²) in [7, 11) is -4.59. The van der Waals surface area contributed by atoms with E-state index in [1.807, 2.05) is 0 Å². The van der Waals surface area contributed by atoms with Gasteiger partial charge in [-0.15, -0.1) is 0 Å². The largest absolute Gasteiger partial charge is 0.469 e. The smallest absolute Gasteiger partial charge is 0.390 e. The van der Waals surface area contributed by atoms with Crippen molar-refractivity contribution in [3.63, 3.8) is 0 Å². The Morgan fingerprint density at radius 3 is 2.83 bits per heavy atom. The van der Waals surface area contributed by atoms with E-state index in [1.54, 1.807) is 6.20 Å². The molecule has 0 amide bonds. The van der Waals surface area contributed by atoms with Gasteiger partial charge in [0.1, 0.15) is 12.0 Å². The number of H-pyrrole nitrogens is 1. The Morgan fingerprint density at radius 1 is 1.39 bits per heavy atom. The van der Waals surface area contributed by atoms with E-state index in [0.717, 1.165) is 0 Å². The Morgan fingerprint density at radius 2 is 2.13 bits per heavy atom. The zero-order chi connectivity index (χ0) is 16.8. The minimum atomic E-state index is -4.59. The quantitative estimate of drug-likeness (QED) is 0.282. The lowest BCUT2D eigenvalue weighted by atomic mass is 10.0. The van der Waals surface area contributed by atoms with Gasteiger partial charge >= 0.3 is 7.82 Å². The molecule has 3 atom stereocenters. The summed E-state index contributed by atoms with van der Waals surface area (Å²) in [6.07, 6.45) is 0.570. The Balaban J connectivity index is 1.60. The molecule has 0 aliphatic carbocycles. The van der Waals surface area contributed by atoms with Crippen LogP contribution in [0.3, 0.4) is 0 Å². The molecule has 128 valence electrons. The lowest BCUT2D eigenvalue weighted by Crippen LogP contribution is -2.38. The number of hydrogen-bond donors (Lipinski definition) is 7. The third-order valence-electron chi connectivity index (χ3n) is 3.70. The molecular weight excluding hydrogens is 331 g/mol. The van der Waals surface area contributed by atoms with Gasteiger partial charge in [0.05, 0.1) is 24.5 Å². The first-order valence-corrected chi connectivity index (χ1v) is 8.34. The minimum absolute atomic E-state index is 0.0744. The van der Waals surface area contributed by atoms with Gasteiger partial charge in [0, 0.05) is 12.6 Å². The number of nitrogens with one attached hydrogen (secondary N) is 2. The number of phosphoric acid groups is 1. The van der Waals surface area contributed by atoms with Gasteiger partial charge in [-0.1, -0.05) is 0 Å². The number of fused-ring (bicyclic) bond motifs is 5. The van der Waals surface area contributed by atoms with Gasteiger partial charge in [0.15, 0.2) is 0 Å². The van der Waals surface area contributed by atoms with E-state index in [-0.39, 0.29) is 19.4 Å². The molecule has 1 aromatic rings. The number of hydrazine groups is 1. The fraction of sp³-hybridized carbons (Fsp3) is 0.545. The molecule has 11 nitrogen and oxygen atoms in total. The number of anilines is 1. The fourth-order valence-electron chi connectivity index (χ4n) is 2.60. The zero-order valence-electron chi connectivity index (χ0n) is 11.8. The maximum absolute atomic E-state index is 10.5. The van der Waals surface area contributed by atoms with Crippen LogP contribution in [0.25, 0.3) is 0 Å². The van der Waals surface area contributed by atoms with E-state index in [2.05, 4.69) is 19.9 Å². The molecule has 1 unspecified atom stereocenters. The predicted molar refractivity (Wildman–Crippen MR) is 77.1 cm³/mol. The van der Waals surface area contributed by atoms with Crippen LogP contribution in [0.2, 0.25) is 0 Å². The number of aromatic amines is 1. The summed E-state index contributed by atoms with van der Waals surface area (Å²) in [6, 6.07) is 0. The van der Waals surface area contributed by atoms with Gasteiger partial charge < -0.3 is 30.1 Å². The predicted octanol–water partition coefficient (Wildman–Crippen LogP) is -1.75. The van der Waals surface area contributed by atoms with Gasteiger partial charge in [-0.2, -0.15) is 5.43 Å². The van der Waals surface area contributed by atoms with Gasteiger partial charge in [-0.05, 0) is 12.0 Å². The maximum Gasteiger partial charge on any atom is 0.469 e. The number of aromatic nitrogens is 1. The van der Waals surface area contributed by atoms with Crippen LogP contribution in [0, 0.1) is 0 Å². The van der Waals surface area contributed by atoms with Crippen molar-refractivity contribution < 1.29 is 34.2 Å². The summed E-state index contributed by atoms with van der Waals surface area (Å²) in [4.78, 5) is 23.9. The molecule has 0 radical (unpaired) electrons. The summed E-state index contributed by atoms with van der Waals surface area (Å²) < 4.78 is 14.8. The second-order valence-corrected chi connectivity index (χ2v) is 6.63. The summed E-state index contributed by atoms with van der Waals surface area (Å²) in [5, 5.41) is 31.6. The van der Waals surface area contributed by atoms with Crippen LogP contribution in [0.15, 0.2) is 11.2 Å². The van der Waals surface area contributed by atoms with Crippen molar-refractivity contribution in [2.75, 3.05) is 11.6 Å². The van der Waals surface area contributed by atoms with E-state index in [4.69, 9.17) is 9.79 Å².